The average molecular weight is 256 g/mol. The fourth-order valence-electron chi connectivity index (χ4n) is 1.69. The summed E-state index contributed by atoms with van der Waals surface area (Å²) in [6.07, 6.45) is 0. The van der Waals surface area contributed by atoms with Crippen LogP contribution in [-0.2, 0) is 0 Å². The number of aromatic nitrogens is 1. The highest BCUT2D eigenvalue weighted by Crippen LogP contribution is 2.36. The smallest absolute Gasteiger partial charge is 0.138 e. The van der Waals surface area contributed by atoms with Crippen molar-refractivity contribution in [2.75, 3.05) is 0 Å². The molecular formula is C12H11Cl2NO. The van der Waals surface area contributed by atoms with Crippen LogP contribution < -0.4 is 0 Å². The molecule has 0 radical (unpaired) electrons. The van der Waals surface area contributed by atoms with E-state index in [9.17, 15) is 0 Å². The number of hydrogen-bond acceptors (Lipinski definition) is 2. The lowest BCUT2D eigenvalue weighted by Crippen LogP contribution is -1.96. The third kappa shape index (κ3) is 1.95. The number of aryl methyl sites for hydroxylation is 2. The molecule has 0 aliphatic rings. The molecule has 1 unspecified atom stereocenters. The van der Waals surface area contributed by atoms with E-state index in [2.05, 4.69) is 5.16 Å². The summed E-state index contributed by atoms with van der Waals surface area (Å²) < 4.78 is 5.10. The van der Waals surface area contributed by atoms with E-state index < -0.39 is 0 Å². The Balaban J connectivity index is 2.47. The second kappa shape index (κ2) is 4.48. The molecule has 0 bridgehead atoms. The van der Waals surface area contributed by atoms with E-state index in [1.54, 1.807) is 0 Å². The van der Waals surface area contributed by atoms with Crippen molar-refractivity contribution in [3.8, 4) is 0 Å². The number of benzene rings is 1. The molecule has 1 heterocycles. The van der Waals surface area contributed by atoms with E-state index >= 15 is 0 Å². The lowest BCUT2D eigenvalue weighted by Gasteiger charge is -2.10. The van der Waals surface area contributed by atoms with Crippen molar-refractivity contribution < 1.29 is 4.52 Å². The van der Waals surface area contributed by atoms with Crippen LogP contribution in [0.5, 0.6) is 0 Å². The molecule has 0 aliphatic carbocycles. The Morgan fingerprint density at radius 3 is 2.50 bits per heavy atom. The summed E-state index contributed by atoms with van der Waals surface area (Å²) in [5.41, 5.74) is 2.58. The van der Waals surface area contributed by atoms with Crippen LogP contribution in [0.2, 0.25) is 5.02 Å². The van der Waals surface area contributed by atoms with Gasteiger partial charge in [-0.2, -0.15) is 0 Å². The van der Waals surface area contributed by atoms with Crippen molar-refractivity contribution in [2.45, 2.75) is 19.2 Å². The van der Waals surface area contributed by atoms with Crippen LogP contribution in [0.15, 0.2) is 28.8 Å². The Labute approximate surface area is 104 Å². The summed E-state index contributed by atoms with van der Waals surface area (Å²) in [5.74, 6) is 0.734. The third-order valence-electron chi connectivity index (χ3n) is 2.52. The number of halogens is 2. The maximum atomic E-state index is 6.40. The average Bonchev–Trinajstić information content (AvgIpc) is 2.58. The first-order chi connectivity index (χ1) is 7.61. The molecule has 0 saturated heterocycles. The number of nitrogens with zero attached hydrogens (tertiary/aromatic N) is 1. The van der Waals surface area contributed by atoms with Gasteiger partial charge in [0.15, 0.2) is 0 Å². The van der Waals surface area contributed by atoms with Gasteiger partial charge in [0, 0.05) is 10.6 Å². The maximum absolute atomic E-state index is 6.40. The zero-order chi connectivity index (χ0) is 11.7. The molecule has 2 nitrogen and oxygen atoms in total. The van der Waals surface area contributed by atoms with E-state index in [1.165, 1.54) is 0 Å². The van der Waals surface area contributed by atoms with Crippen LogP contribution >= 0.6 is 23.2 Å². The SMILES string of the molecule is Cc1noc(C)c1C(Cl)c1ccccc1Cl. The van der Waals surface area contributed by atoms with Gasteiger partial charge < -0.3 is 4.52 Å². The predicted octanol–water partition coefficient (Wildman–Crippen LogP) is 4.27. The van der Waals surface area contributed by atoms with Crippen LogP contribution in [0.4, 0.5) is 0 Å². The molecule has 16 heavy (non-hydrogen) atoms. The molecule has 84 valence electrons. The highest BCUT2D eigenvalue weighted by molar-refractivity contribution is 6.33. The van der Waals surface area contributed by atoms with Gasteiger partial charge in [0.25, 0.3) is 0 Å². The van der Waals surface area contributed by atoms with Gasteiger partial charge in [-0.3, -0.25) is 0 Å². The topological polar surface area (TPSA) is 26.0 Å². The minimum Gasteiger partial charge on any atom is -0.361 e. The minimum absolute atomic E-state index is 0.319. The van der Waals surface area contributed by atoms with E-state index in [0.29, 0.717) is 5.02 Å². The third-order valence-corrected chi connectivity index (χ3v) is 3.32. The van der Waals surface area contributed by atoms with Crippen LogP contribution in [-0.4, -0.2) is 5.16 Å². The van der Waals surface area contributed by atoms with Gasteiger partial charge in [0.1, 0.15) is 5.76 Å². The molecule has 0 N–H and O–H groups in total. The molecule has 0 fully saturated rings. The molecule has 2 aromatic rings. The quantitative estimate of drug-likeness (QED) is 0.750. The zero-order valence-electron chi connectivity index (χ0n) is 9.00. The first-order valence-corrected chi connectivity index (χ1v) is 5.74. The first-order valence-electron chi connectivity index (χ1n) is 4.92. The summed E-state index contributed by atoms with van der Waals surface area (Å²) >= 11 is 12.5. The Bertz CT molecular complexity index is 488. The Hall–Kier alpha value is -0.990. The predicted molar refractivity (Wildman–Crippen MR) is 65.1 cm³/mol. The molecule has 1 aromatic heterocycles. The Kier molecular flexibility index (Phi) is 3.22. The van der Waals surface area contributed by atoms with E-state index in [0.717, 1.165) is 22.6 Å². The van der Waals surface area contributed by atoms with Gasteiger partial charge in [-0.05, 0) is 25.5 Å². The Morgan fingerprint density at radius 1 is 1.25 bits per heavy atom. The van der Waals surface area contributed by atoms with Crippen molar-refractivity contribution in [2.24, 2.45) is 0 Å². The van der Waals surface area contributed by atoms with E-state index in [1.807, 2.05) is 38.1 Å². The van der Waals surface area contributed by atoms with Gasteiger partial charge in [-0.15, -0.1) is 11.6 Å². The normalized spacial score (nSPS) is 12.8. The van der Waals surface area contributed by atoms with Crippen LogP contribution in [0.1, 0.15) is 28.0 Å². The van der Waals surface area contributed by atoms with Gasteiger partial charge in [-0.25, -0.2) is 0 Å². The molecule has 0 saturated carbocycles. The van der Waals surface area contributed by atoms with Crippen molar-refractivity contribution >= 4 is 23.2 Å². The summed E-state index contributed by atoms with van der Waals surface area (Å²) in [7, 11) is 0. The largest absolute Gasteiger partial charge is 0.361 e. The van der Waals surface area contributed by atoms with Gasteiger partial charge in [0.2, 0.25) is 0 Å². The summed E-state index contributed by atoms with van der Waals surface area (Å²) in [5, 5.41) is 4.23. The minimum atomic E-state index is -0.319. The van der Waals surface area contributed by atoms with Crippen LogP contribution in [0.3, 0.4) is 0 Å². The van der Waals surface area contributed by atoms with Crippen molar-refractivity contribution in [3.05, 3.63) is 51.9 Å². The molecule has 0 spiro atoms. The molecule has 2 rings (SSSR count). The first kappa shape index (κ1) is 11.5. The molecule has 1 aromatic carbocycles. The van der Waals surface area contributed by atoms with E-state index in [-0.39, 0.29) is 5.38 Å². The van der Waals surface area contributed by atoms with Gasteiger partial charge in [-0.1, -0.05) is 35.0 Å². The van der Waals surface area contributed by atoms with Crippen molar-refractivity contribution in [3.63, 3.8) is 0 Å². The standard InChI is InChI=1S/C12H11Cl2NO/c1-7-11(8(2)16-15-7)12(14)9-5-3-4-6-10(9)13/h3-6,12H,1-2H3. The molecule has 4 heteroatoms. The highest BCUT2D eigenvalue weighted by Gasteiger charge is 2.21. The number of alkyl halides is 1. The van der Waals surface area contributed by atoms with Crippen molar-refractivity contribution in [1.82, 2.24) is 5.16 Å². The second-order valence-corrected chi connectivity index (χ2v) is 4.47. The van der Waals surface area contributed by atoms with Gasteiger partial charge in [0.05, 0.1) is 11.1 Å². The summed E-state index contributed by atoms with van der Waals surface area (Å²) in [6, 6.07) is 7.52. The second-order valence-electron chi connectivity index (χ2n) is 3.62. The zero-order valence-corrected chi connectivity index (χ0v) is 10.5. The van der Waals surface area contributed by atoms with E-state index in [4.69, 9.17) is 27.7 Å². The van der Waals surface area contributed by atoms with Crippen LogP contribution in [0.25, 0.3) is 0 Å². The lowest BCUT2D eigenvalue weighted by atomic mass is 10.0. The number of rotatable bonds is 2. The molecule has 0 amide bonds. The van der Waals surface area contributed by atoms with Crippen LogP contribution in [0, 0.1) is 13.8 Å². The molecular weight excluding hydrogens is 245 g/mol. The molecule has 0 aliphatic heterocycles. The summed E-state index contributed by atoms with van der Waals surface area (Å²) in [4.78, 5) is 0. The summed E-state index contributed by atoms with van der Waals surface area (Å²) in [6.45, 7) is 3.72. The monoisotopic (exact) mass is 255 g/mol. The lowest BCUT2D eigenvalue weighted by molar-refractivity contribution is 0.392. The number of hydrogen-bond donors (Lipinski definition) is 0. The maximum Gasteiger partial charge on any atom is 0.138 e. The molecule has 1 atom stereocenters. The fourth-order valence-corrected chi connectivity index (χ4v) is 2.49. The fraction of sp³-hybridized carbons (Fsp3) is 0.250. The van der Waals surface area contributed by atoms with Gasteiger partial charge >= 0.3 is 0 Å². The Morgan fingerprint density at radius 2 is 1.94 bits per heavy atom. The van der Waals surface area contributed by atoms with Crippen molar-refractivity contribution in [1.29, 1.82) is 0 Å². The highest BCUT2D eigenvalue weighted by atomic mass is 35.5.